The van der Waals surface area contributed by atoms with Gasteiger partial charge in [0.2, 0.25) is 6.79 Å². The predicted molar refractivity (Wildman–Crippen MR) is 120 cm³/mol. The smallest absolute Gasteiger partial charge is 0.325 e. The maximum absolute atomic E-state index is 13.7. The summed E-state index contributed by atoms with van der Waals surface area (Å²) < 4.78 is 10.8. The monoisotopic (exact) mass is 451 g/mol. The van der Waals surface area contributed by atoms with Crippen molar-refractivity contribution in [1.82, 2.24) is 9.88 Å². The highest BCUT2D eigenvalue weighted by Gasteiger charge is 2.38. The van der Waals surface area contributed by atoms with E-state index in [-0.39, 0.29) is 17.8 Å². The number of hydrogen-bond donors (Lipinski definition) is 2. The zero-order chi connectivity index (χ0) is 22.4. The highest BCUT2D eigenvalue weighted by atomic mass is 32.1. The van der Waals surface area contributed by atoms with E-state index in [1.807, 2.05) is 24.3 Å². The summed E-state index contributed by atoms with van der Waals surface area (Å²) in [5.74, 6) is 0.663. The van der Waals surface area contributed by atoms with Gasteiger partial charge in [0, 0.05) is 43.0 Å². The number of aromatic nitrogens is 1. The highest BCUT2D eigenvalue weighted by Crippen LogP contribution is 2.42. The van der Waals surface area contributed by atoms with E-state index < -0.39 is 11.9 Å². The van der Waals surface area contributed by atoms with E-state index >= 15 is 0 Å². The van der Waals surface area contributed by atoms with Crippen LogP contribution in [0.2, 0.25) is 0 Å². The van der Waals surface area contributed by atoms with Gasteiger partial charge in [-0.15, -0.1) is 11.3 Å². The second-order valence-corrected chi connectivity index (χ2v) is 8.58. The number of nitrogen functional groups attached to an aromatic ring is 1. The molecule has 2 aliphatic heterocycles. The molecule has 0 bridgehead atoms. The summed E-state index contributed by atoms with van der Waals surface area (Å²) in [5.41, 5.74) is 14.6. The number of primary amides is 1. The SMILES string of the molecule is CN(C(=O)N1CCc2nc(C(N)=O)sc2C1c1ccccc1N)c1ccc2c(c1)OCO2. The van der Waals surface area contributed by atoms with E-state index in [9.17, 15) is 9.59 Å². The fraction of sp³-hybridized carbons (Fsp3) is 0.227. The fourth-order valence-electron chi connectivity index (χ4n) is 4.03. The number of rotatable bonds is 3. The average molecular weight is 452 g/mol. The van der Waals surface area contributed by atoms with Gasteiger partial charge < -0.3 is 25.8 Å². The number of amides is 3. The maximum atomic E-state index is 13.7. The van der Waals surface area contributed by atoms with Crippen molar-refractivity contribution in [2.45, 2.75) is 12.5 Å². The van der Waals surface area contributed by atoms with E-state index in [2.05, 4.69) is 4.98 Å². The van der Waals surface area contributed by atoms with Crippen molar-refractivity contribution in [3.8, 4) is 11.5 Å². The normalized spacial score (nSPS) is 16.5. The van der Waals surface area contributed by atoms with Gasteiger partial charge in [0.25, 0.3) is 5.91 Å². The highest BCUT2D eigenvalue weighted by molar-refractivity contribution is 7.13. The van der Waals surface area contributed by atoms with Crippen LogP contribution < -0.4 is 25.8 Å². The molecule has 0 fully saturated rings. The van der Waals surface area contributed by atoms with Crippen molar-refractivity contribution < 1.29 is 19.1 Å². The Labute approximate surface area is 188 Å². The third kappa shape index (κ3) is 3.28. The number of benzene rings is 2. The molecule has 4 N–H and O–H groups in total. The number of nitrogens with two attached hydrogens (primary N) is 2. The molecule has 2 aliphatic rings. The Balaban J connectivity index is 1.55. The fourth-order valence-corrected chi connectivity index (χ4v) is 5.13. The molecule has 2 aromatic carbocycles. The van der Waals surface area contributed by atoms with E-state index in [0.717, 1.165) is 16.1 Å². The zero-order valence-corrected chi connectivity index (χ0v) is 18.1. The number of urea groups is 1. The van der Waals surface area contributed by atoms with Crippen LogP contribution in [0.3, 0.4) is 0 Å². The van der Waals surface area contributed by atoms with Crippen molar-refractivity contribution in [1.29, 1.82) is 0 Å². The summed E-state index contributed by atoms with van der Waals surface area (Å²) in [7, 11) is 1.71. The van der Waals surface area contributed by atoms with Gasteiger partial charge in [-0.3, -0.25) is 9.69 Å². The molecular formula is C22H21N5O4S. The second kappa shape index (κ2) is 7.72. The first kappa shape index (κ1) is 20.1. The largest absolute Gasteiger partial charge is 0.454 e. The quantitative estimate of drug-likeness (QED) is 0.590. The van der Waals surface area contributed by atoms with Crippen LogP contribution in [0.4, 0.5) is 16.2 Å². The van der Waals surface area contributed by atoms with Crippen LogP contribution >= 0.6 is 11.3 Å². The van der Waals surface area contributed by atoms with Crippen LogP contribution in [0, 0.1) is 0 Å². The van der Waals surface area contributed by atoms with Crippen LogP contribution in [0.5, 0.6) is 11.5 Å². The molecule has 9 nitrogen and oxygen atoms in total. The van der Waals surface area contributed by atoms with Crippen molar-refractivity contribution in [2.24, 2.45) is 5.73 Å². The van der Waals surface area contributed by atoms with E-state index in [4.69, 9.17) is 20.9 Å². The third-order valence-corrected chi connectivity index (χ3v) is 6.82. The average Bonchev–Trinajstić information content (AvgIpc) is 3.44. The number of fused-ring (bicyclic) bond motifs is 2. The molecule has 10 heteroatoms. The second-order valence-electron chi connectivity index (χ2n) is 7.55. The van der Waals surface area contributed by atoms with Crippen LogP contribution in [-0.2, 0) is 6.42 Å². The van der Waals surface area contributed by atoms with Crippen molar-refractivity contribution in [3.05, 3.63) is 63.6 Å². The molecule has 1 atom stereocenters. The Morgan fingerprint density at radius 1 is 1.19 bits per heavy atom. The molecule has 1 unspecified atom stereocenters. The molecule has 5 rings (SSSR count). The van der Waals surface area contributed by atoms with Gasteiger partial charge in [-0.25, -0.2) is 9.78 Å². The Kier molecular flexibility index (Phi) is 4.86. The number of anilines is 2. The number of hydrogen-bond acceptors (Lipinski definition) is 7. The number of ether oxygens (including phenoxy) is 2. The minimum Gasteiger partial charge on any atom is -0.454 e. The molecule has 0 aliphatic carbocycles. The van der Waals surface area contributed by atoms with E-state index in [1.165, 1.54) is 11.3 Å². The molecule has 0 saturated heterocycles. The minimum absolute atomic E-state index is 0.161. The van der Waals surface area contributed by atoms with Crippen LogP contribution in [-0.4, -0.2) is 42.2 Å². The number of carbonyl (C=O) groups is 2. The Hall–Kier alpha value is -3.79. The standard InChI is InChI=1S/C22H21N5O4S/c1-26(12-6-7-16-17(10-12)31-11-30-16)22(29)27-9-8-15-19(32-21(25-15)20(24)28)18(27)13-4-2-3-5-14(13)23/h2-7,10,18H,8-9,11,23H2,1H3,(H2,24,28). The molecule has 0 radical (unpaired) electrons. The molecule has 164 valence electrons. The van der Waals surface area contributed by atoms with Gasteiger partial charge in [-0.05, 0) is 18.2 Å². The van der Waals surface area contributed by atoms with Gasteiger partial charge >= 0.3 is 6.03 Å². The van der Waals surface area contributed by atoms with E-state index in [1.54, 1.807) is 35.0 Å². The van der Waals surface area contributed by atoms with Gasteiger partial charge in [0.1, 0.15) is 0 Å². The first-order valence-corrected chi connectivity index (χ1v) is 10.8. The molecule has 3 amide bonds. The van der Waals surface area contributed by atoms with E-state index in [0.29, 0.717) is 35.8 Å². The van der Waals surface area contributed by atoms with Crippen molar-refractivity contribution in [2.75, 3.05) is 31.0 Å². The number of nitrogens with zero attached hydrogens (tertiary/aromatic N) is 3. The molecule has 32 heavy (non-hydrogen) atoms. The lowest BCUT2D eigenvalue weighted by atomic mass is 9.96. The third-order valence-electron chi connectivity index (χ3n) is 5.65. The minimum atomic E-state index is -0.584. The lowest BCUT2D eigenvalue weighted by molar-refractivity contribution is 0.0999. The van der Waals surface area contributed by atoms with Gasteiger partial charge in [-0.2, -0.15) is 0 Å². The Morgan fingerprint density at radius 2 is 1.97 bits per heavy atom. The molecule has 0 spiro atoms. The lowest BCUT2D eigenvalue weighted by Crippen LogP contribution is -2.46. The van der Waals surface area contributed by atoms with Gasteiger partial charge in [0.05, 0.1) is 16.6 Å². The van der Waals surface area contributed by atoms with Gasteiger partial charge in [-0.1, -0.05) is 18.2 Å². The summed E-state index contributed by atoms with van der Waals surface area (Å²) in [6.07, 6.45) is 0.517. The first-order chi connectivity index (χ1) is 15.4. The van der Waals surface area contributed by atoms with Crippen LogP contribution in [0.1, 0.15) is 32.0 Å². The topological polar surface area (TPSA) is 124 Å². The molecule has 3 heterocycles. The first-order valence-electron chi connectivity index (χ1n) is 10.0. The van der Waals surface area contributed by atoms with Crippen molar-refractivity contribution in [3.63, 3.8) is 0 Å². The number of carbonyl (C=O) groups excluding carboxylic acids is 2. The van der Waals surface area contributed by atoms with Crippen LogP contribution in [0.25, 0.3) is 0 Å². The molecular weight excluding hydrogens is 430 g/mol. The summed E-state index contributed by atoms with van der Waals surface area (Å²) >= 11 is 1.21. The van der Waals surface area contributed by atoms with Crippen molar-refractivity contribution >= 4 is 34.6 Å². The Morgan fingerprint density at radius 3 is 2.75 bits per heavy atom. The summed E-state index contributed by atoms with van der Waals surface area (Å²) in [6.45, 7) is 0.579. The number of para-hydroxylation sites is 1. The lowest BCUT2D eigenvalue weighted by Gasteiger charge is -2.38. The summed E-state index contributed by atoms with van der Waals surface area (Å²) in [4.78, 5) is 34.0. The summed E-state index contributed by atoms with van der Waals surface area (Å²) in [6, 6.07) is 12.1. The molecule has 1 aromatic heterocycles. The zero-order valence-electron chi connectivity index (χ0n) is 17.3. The maximum Gasteiger partial charge on any atom is 0.325 e. The van der Waals surface area contributed by atoms with Crippen LogP contribution in [0.15, 0.2) is 42.5 Å². The molecule has 3 aromatic rings. The molecule has 0 saturated carbocycles. The summed E-state index contributed by atoms with van der Waals surface area (Å²) in [5, 5.41) is 0.230. The predicted octanol–water partition coefficient (Wildman–Crippen LogP) is 2.76. The van der Waals surface area contributed by atoms with Gasteiger partial charge in [0.15, 0.2) is 16.5 Å². The Bertz CT molecular complexity index is 1230. The number of thiazole rings is 1.